The van der Waals surface area contributed by atoms with E-state index in [2.05, 4.69) is 10.0 Å². The topological polar surface area (TPSA) is 154 Å². The molecule has 0 unspecified atom stereocenters. The maximum atomic E-state index is 11.4. The molecule has 198 valence electrons. The summed E-state index contributed by atoms with van der Waals surface area (Å²) in [7, 11) is -3.57. The molecule has 0 fully saturated rings. The molecule has 11 heteroatoms. The van der Waals surface area contributed by atoms with E-state index in [0.717, 1.165) is 17.4 Å². The molecule has 1 atom stereocenters. The minimum Gasteiger partial charge on any atom is -0.506 e. The van der Waals surface area contributed by atoms with Crippen LogP contribution in [0.15, 0.2) is 60.7 Å². The number of aliphatic hydroxyl groups excluding tert-OH is 1. The minimum absolute atomic E-state index is 0.00206. The summed E-state index contributed by atoms with van der Waals surface area (Å²) in [4.78, 5) is 11.4. The quantitative estimate of drug-likeness (QED) is 0.165. The number of phenols is 1. The number of benzene rings is 3. The fourth-order valence-corrected chi connectivity index (χ4v) is 4.10. The molecule has 0 aliphatic carbocycles. The standard InChI is InChI=1S/C26H30N2O8S/c1-3-35-25-15-18(6-10-21(25)26(31)32)17-4-8-20(9-5-17)36-13-12-27-16-24(30)19-7-11-23(29)22(14-19)28-37(2,33)34/h4-11,14-15,24,27-30H,3,12-13,16H2,1-2H3,(H,31,32)/t24-/m1/s1. The molecular formula is C26H30N2O8S. The van der Waals surface area contributed by atoms with Crippen molar-refractivity contribution in [1.29, 1.82) is 0 Å². The molecule has 10 nitrogen and oxygen atoms in total. The molecule has 0 aliphatic rings. The first kappa shape index (κ1) is 27.8. The number of nitrogens with one attached hydrogen (secondary N) is 2. The molecule has 0 heterocycles. The Kier molecular flexibility index (Phi) is 9.34. The molecule has 0 aromatic heterocycles. The third-order valence-corrected chi connectivity index (χ3v) is 5.88. The van der Waals surface area contributed by atoms with Gasteiger partial charge in [-0.2, -0.15) is 0 Å². The number of hydrogen-bond acceptors (Lipinski definition) is 8. The van der Waals surface area contributed by atoms with E-state index in [-0.39, 0.29) is 23.5 Å². The zero-order valence-corrected chi connectivity index (χ0v) is 21.3. The number of anilines is 1. The summed E-state index contributed by atoms with van der Waals surface area (Å²) in [6.07, 6.45) is 0.0515. The van der Waals surface area contributed by atoms with Gasteiger partial charge < -0.3 is 30.1 Å². The predicted octanol–water partition coefficient (Wildman–Crippen LogP) is 3.23. The summed E-state index contributed by atoms with van der Waals surface area (Å²) in [5.74, 6) is -0.318. The molecule has 0 bridgehead atoms. The maximum Gasteiger partial charge on any atom is 0.339 e. The number of hydrogen-bond donors (Lipinski definition) is 5. The number of aromatic hydroxyl groups is 1. The van der Waals surface area contributed by atoms with E-state index in [1.807, 2.05) is 24.3 Å². The Labute approximate surface area is 215 Å². The Balaban J connectivity index is 1.50. The van der Waals surface area contributed by atoms with Gasteiger partial charge >= 0.3 is 5.97 Å². The fraction of sp³-hybridized carbons (Fsp3) is 0.269. The second-order valence-corrected chi connectivity index (χ2v) is 9.94. The van der Waals surface area contributed by atoms with E-state index in [9.17, 15) is 28.5 Å². The van der Waals surface area contributed by atoms with Gasteiger partial charge in [0.25, 0.3) is 0 Å². The Hall–Kier alpha value is -3.80. The van der Waals surface area contributed by atoms with Crippen molar-refractivity contribution in [3.05, 3.63) is 71.8 Å². The summed E-state index contributed by atoms with van der Waals surface area (Å²) < 4.78 is 36.3. The maximum absolute atomic E-state index is 11.4. The summed E-state index contributed by atoms with van der Waals surface area (Å²) in [6.45, 7) is 3.13. The monoisotopic (exact) mass is 530 g/mol. The van der Waals surface area contributed by atoms with E-state index in [1.54, 1.807) is 19.1 Å². The van der Waals surface area contributed by atoms with Crippen LogP contribution in [-0.4, -0.2) is 62.3 Å². The van der Waals surface area contributed by atoms with Gasteiger partial charge in [0.1, 0.15) is 29.4 Å². The zero-order valence-electron chi connectivity index (χ0n) is 20.5. The average molecular weight is 531 g/mol. The molecule has 0 saturated carbocycles. The molecule has 0 radical (unpaired) electrons. The number of aromatic carboxylic acids is 1. The number of carbonyl (C=O) groups is 1. The van der Waals surface area contributed by atoms with E-state index < -0.39 is 22.1 Å². The van der Waals surface area contributed by atoms with Gasteiger partial charge in [-0.25, -0.2) is 13.2 Å². The van der Waals surface area contributed by atoms with E-state index >= 15 is 0 Å². The van der Waals surface area contributed by atoms with E-state index in [1.165, 1.54) is 24.3 Å². The predicted molar refractivity (Wildman–Crippen MR) is 140 cm³/mol. The largest absolute Gasteiger partial charge is 0.506 e. The Morgan fingerprint density at radius 2 is 1.70 bits per heavy atom. The van der Waals surface area contributed by atoms with Gasteiger partial charge in [0, 0.05) is 13.1 Å². The van der Waals surface area contributed by atoms with Gasteiger partial charge in [0.15, 0.2) is 0 Å². The van der Waals surface area contributed by atoms with Gasteiger partial charge in [0.2, 0.25) is 10.0 Å². The summed E-state index contributed by atoms with van der Waals surface area (Å²) in [5.41, 5.74) is 2.25. The molecule has 3 aromatic carbocycles. The van der Waals surface area contributed by atoms with Gasteiger partial charge in [-0.1, -0.05) is 24.3 Å². The SMILES string of the molecule is CCOc1cc(-c2ccc(OCCNC[C@@H](O)c3ccc(O)c(NS(C)(=O)=O)c3)cc2)ccc1C(=O)O. The van der Waals surface area contributed by atoms with Crippen molar-refractivity contribution in [3.63, 3.8) is 0 Å². The van der Waals surface area contributed by atoms with Crippen LogP contribution in [0.3, 0.4) is 0 Å². The van der Waals surface area contributed by atoms with Crippen LogP contribution >= 0.6 is 0 Å². The van der Waals surface area contributed by atoms with Crippen LogP contribution in [-0.2, 0) is 10.0 Å². The van der Waals surface area contributed by atoms with Crippen LogP contribution < -0.4 is 19.5 Å². The number of aliphatic hydroxyl groups is 1. The van der Waals surface area contributed by atoms with Crippen molar-refractivity contribution >= 4 is 21.7 Å². The molecular weight excluding hydrogens is 500 g/mol. The van der Waals surface area contributed by atoms with Crippen molar-refractivity contribution in [1.82, 2.24) is 5.32 Å². The van der Waals surface area contributed by atoms with Crippen LogP contribution in [0.4, 0.5) is 5.69 Å². The molecule has 0 saturated heterocycles. The number of sulfonamides is 1. The second-order valence-electron chi connectivity index (χ2n) is 8.19. The lowest BCUT2D eigenvalue weighted by atomic mass is 10.0. The average Bonchev–Trinajstić information content (AvgIpc) is 2.84. The lowest BCUT2D eigenvalue weighted by Crippen LogP contribution is -2.26. The number of carboxylic acid groups (broad SMARTS) is 1. The molecule has 0 spiro atoms. The lowest BCUT2D eigenvalue weighted by Gasteiger charge is -2.15. The van der Waals surface area contributed by atoms with Crippen LogP contribution in [0, 0.1) is 0 Å². The highest BCUT2D eigenvalue weighted by Crippen LogP contribution is 2.29. The first-order chi connectivity index (χ1) is 17.6. The Bertz CT molecular complexity index is 1330. The molecule has 37 heavy (non-hydrogen) atoms. The molecule has 3 aromatic rings. The van der Waals surface area contributed by atoms with Crippen molar-refractivity contribution in [3.8, 4) is 28.4 Å². The highest BCUT2D eigenvalue weighted by Gasteiger charge is 2.14. The van der Waals surface area contributed by atoms with Crippen LogP contribution in [0.25, 0.3) is 11.1 Å². The van der Waals surface area contributed by atoms with Gasteiger partial charge in [-0.3, -0.25) is 4.72 Å². The Morgan fingerprint density at radius 1 is 1.00 bits per heavy atom. The first-order valence-corrected chi connectivity index (χ1v) is 13.4. The summed E-state index contributed by atoms with van der Waals surface area (Å²) in [5, 5.41) is 32.6. The zero-order chi connectivity index (χ0) is 27.0. The number of ether oxygens (including phenoxy) is 2. The molecule has 5 N–H and O–H groups in total. The van der Waals surface area contributed by atoms with Gasteiger partial charge in [-0.15, -0.1) is 0 Å². The highest BCUT2D eigenvalue weighted by atomic mass is 32.2. The van der Waals surface area contributed by atoms with Gasteiger partial charge in [-0.05, 0) is 60.0 Å². The van der Waals surface area contributed by atoms with Crippen molar-refractivity contribution in [2.45, 2.75) is 13.0 Å². The van der Waals surface area contributed by atoms with E-state index in [4.69, 9.17) is 9.47 Å². The van der Waals surface area contributed by atoms with Crippen molar-refractivity contribution in [2.24, 2.45) is 0 Å². The number of carboxylic acids is 1. The van der Waals surface area contributed by atoms with Crippen LogP contribution in [0.1, 0.15) is 28.9 Å². The van der Waals surface area contributed by atoms with Gasteiger partial charge in [0.05, 0.1) is 24.7 Å². The van der Waals surface area contributed by atoms with E-state index in [0.29, 0.717) is 36.8 Å². The van der Waals surface area contributed by atoms with Crippen molar-refractivity contribution in [2.75, 3.05) is 37.3 Å². The number of phenolic OH excluding ortho intramolecular Hbond substituents is 1. The fourth-order valence-electron chi connectivity index (χ4n) is 3.54. The first-order valence-electron chi connectivity index (χ1n) is 11.5. The third kappa shape index (κ3) is 8.10. The smallest absolute Gasteiger partial charge is 0.339 e. The highest BCUT2D eigenvalue weighted by molar-refractivity contribution is 7.92. The van der Waals surface area contributed by atoms with Crippen LogP contribution in [0.5, 0.6) is 17.2 Å². The Morgan fingerprint density at radius 3 is 2.35 bits per heavy atom. The molecule has 0 amide bonds. The summed E-state index contributed by atoms with van der Waals surface area (Å²) >= 11 is 0. The van der Waals surface area contributed by atoms with Crippen molar-refractivity contribution < 1.29 is 38.0 Å². The minimum atomic E-state index is -3.57. The summed E-state index contributed by atoms with van der Waals surface area (Å²) in [6, 6.07) is 16.5. The third-order valence-electron chi connectivity index (χ3n) is 5.29. The molecule has 0 aliphatic heterocycles. The second kappa shape index (κ2) is 12.4. The normalized spacial score (nSPS) is 12.1. The lowest BCUT2D eigenvalue weighted by molar-refractivity contribution is 0.0692. The number of rotatable bonds is 13. The molecule has 3 rings (SSSR count). The van der Waals surface area contributed by atoms with Crippen LogP contribution in [0.2, 0.25) is 0 Å².